The topological polar surface area (TPSA) is 17.1 Å². The maximum absolute atomic E-state index is 12.1. The minimum Gasteiger partial charge on any atom is -0.292 e. The van der Waals surface area contributed by atoms with Crippen LogP contribution in [0.4, 0.5) is 0 Å². The van der Waals surface area contributed by atoms with Crippen LogP contribution in [0.25, 0.3) is 0 Å². The third kappa shape index (κ3) is 4.26. The number of benzene rings is 2. The fraction of sp³-hybridized carbons (Fsp3) is 0.0714. The second-order valence-electron chi connectivity index (χ2n) is 3.48. The molecular weight excluding hydrogens is 376 g/mol. The summed E-state index contributed by atoms with van der Waals surface area (Å²) in [5.74, 6) is 0.0967. The molecular formula is C14H12Br2OS. The highest BCUT2D eigenvalue weighted by molar-refractivity contribution is 9.11. The molecule has 18 heavy (non-hydrogen) atoms. The molecule has 0 bridgehead atoms. The monoisotopic (exact) mass is 386 g/mol. The maximum atomic E-state index is 12.1. The number of hydrogen-bond acceptors (Lipinski definition) is 2. The van der Waals surface area contributed by atoms with E-state index >= 15 is 0 Å². The van der Waals surface area contributed by atoms with E-state index in [1.165, 1.54) is 11.8 Å². The number of Topliss-reactive ketones (excluding diaryl/α,β-unsaturated/α-hetero) is 1. The van der Waals surface area contributed by atoms with Gasteiger partial charge in [0.2, 0.25) is 0 Å². The van der Waals surface area contributed by atoms with Crippen LogP contribution in [-0.4, -0.2) is 9.94 Å². The summed E-state index contributed by atoms with van der Waals surface area (Å²) < 4.78 is -0.243. The number of hydrogen-bond donors (Lipinski definition) is 0. The minimum absolute atomic E-state index is 0. The van der Waals surface area contributed by atoms with Gasteiger partial charge in [0.25, 0.3) is 0 Å². The van der Waals surface area contributed by atoms with E-state index in [0.29, 0.717) is 0 Å². The lowest BCUT2D eigenvalue weighted by Crippen LogP contribution is -2.09. The number of carbonyl (C=O) groups is 1. The molecule has 0 heterocycles. The Bertz CT molecular complexity index is 488. The Hall–Kier alpha value is -0.580. The number of thioether (sulfide) groups is 1. The molecule has 1 nitrogen and oxygen atoms in total. The largest absolute Gasteiger partial charge is 0.292 e. The van der Waals surface area contributed by atoms with Gasteiger partial charge in [-0.15, -0.1) is 28.7 Å². The zero-order valence-electron chi connectivity index (χ0n) is 9.45. The van der Waals surface area contributed by atoms with E-state index in [0.717, 1.165) is 10.5 Å². The molecule has 0 N–H and O–H groups in total. The van der Waals surface area contributed by atoms with Crippen LogP contribution < -0.4 is 0 Å². The number of halogens is 2. The molecule has 0 spiro atoms. The van der Waals surface area contributed by atoms with Crippen molar-refractivity contribution in [2.75, 3.05) is 0 Å². The predicted molar refractivity (Wildman–Crippen MR) is 86.1 cm³/mol. The van der Waals surface area contributed by atoms with Gasteiger partial charge in [0, 0.05) is 10.5 Å². The minimum atomic E-state index is -0.243. The van der Waals surface area contributed by atoms with Crippen LogP contribution in [0.15, 0.2) is 65.6 Å². The second kappa shape index (κ2) is 7.77. The fourth-order valence-electron chi connectivity index (χ4n) is 1.41. The van der Waals surface area contributed by atoms with Crippen molar-refractivity contribution in [2.45, 2.75) is 9.05 Å². The Kier molecular flexibility index (Phi) is 6.68. The summed E-state index contributed by atoms with van der Waals surface area (Å²) in [4.78, 5) is 13.2. The van der Waals surface area contributed by atoms with Crippen molar-refractivity contribution < 1.29 is 4.79 Å². The van der Waals surface area contributed by atoms with Crippen LogP contribution in [0, 0.1) is 0 Å². The second-order valence-corrected chi connectivity index (χ2v) is 6.18. The molecule has 1 unspecified atom stereocenters. The van der Waals surface area contributed by atoms with Crippen LogP contribution in [0.3, 0.4) is 0 Å². The van der Waals surface area contributed by atoms with E-state index in [1.54, 1.807) is 0 Å². The highest BCUT2D eigenvalue weighted by Crippen LogP contribution is 2.29. The van der Waals surface area contributed by atoms with Gasteiger partial charge in [0.1, 0.15) is 4.16 Å². The average molecular weight is 388 g/mol. The lowest BCUT2D eigenvalue weighted by molar-refractivity contribution is 0.101. The third-order valence-electron chi connectivity index (χ3n) is 2.25. The lowest BCUT2D eigenvalue weighted by Gasteiger charge is -2.08. The summed E-state index contributed by atoms with van der Waals surface area (Å²) in [5.41, 5.74) is 0.734. The van der Waals surface area contributed by atoms with Gasteiger partial charge in [-0.05, 0) is 12.1 Å². The molecule has 1 atom stereocenters. The standard InChI is InChI=1S/C14H11BrOS.BrH/c15-14(17-12-9-5-2-6-10-12)13(16)11-7-3-1-4-8-11;/h1-10,14H;1H. The van der Waals surface area contributed by atoms with Gasteiger partial charge in [0.15, 0.2) is 5.78 Å². The molecule has 0 saturated heterocycles. The maximum Gasteiger partial charge on any atom is 0.186 e. The normalized spacial score (nSPS) is 11.4. The van der Waals surface area contributed by atoms with Crippen molar-refractivity contribution in [1.29, 1.82) is 0 Å². The summed E-state index contributed by atoms with van der Waals surface area (Å²) in [6.45, 7) is 0. The van der Waals surface area contributed by atoms with Gasteiger partial charge in [-0.25, -0.2) is 0 Å². The molecule has 4 heteroatoms. The first-order valence-electron chi connectivity index (χ1n) is 5.22. The Morgan fingerprint density at radius 3 is 2.00 bits per heavy atom. The van der Waals surface area contributed by atoms with Gasteiger partial charge in [-0.2, -0.15) is 0 Å². The number of carbonyl (C=O) groups excluding carboxylic acids is 1. The molecule has 2 aromatic rings. The van der Waals surface area contributed by atoms with Crippen molar-refractivity contribution in [3.63, 3.8) is 0 Å². The third-order valence-corrected chi connectivity index (χ3v) is 4.19. The van der Waals surface area contributed by atoms with Crippen LogP contribution in [0.1, 0.15) is 10.4 Å². The Morgan fingerprint density at radius 2 is 1.44 bits per heavy atom. The predicted octanol–water partition coefficient (Wildman–Crippen LogP) is 4.96. The van der Waals surface area contributed by atoms with Gasteiger partial charge in [-0.3, -0.25) is 4.79 Å². The van der Waals surface area contributed by atoms with Crippen LogP contribution in [0.2, 0.25) is 0 Å². The quantitative estimate of drug-likeness (QED) is 0.419. The lowest BCUT2D eigenvalue weighted by atomic mass is 10.2. The first-order valence-corrected chi connectivity index (χ1v) is 7.02. The van der Waals surface area contributed by atoms with Gasteiger partial charge in [0.05, 0.1) is 0 Å². The van der Waals surface area contributed by atoms with Crippen molar-refractivity contribution in [3.8, 4) is 0 Å². The van der Waals surface area contributed by atoms with E-state index < -0.39 is 0 Å². The van der Waals surface area contributed by atoms with Crippen molar-refractivity contribution in [3.05, 3.63) is 66.2 Å². The van der Waals surface area contributed by atoms with E-state index in [4.69, 9.17) is 0 Å². The smallest absolute Gasteiger partial charge is 0.186 e. The fourth-order valence-corrected chi connectivity index (χ4v) is 3.11. The first kappa shape index (κ1) is 15.5. The van der Waals surface area contributed by atoms with Crippen molar-refractivity contribution in [2.24, 2.45) is 0 Å². The number of rotatable bonds is 4. The molecule has 0 fully saturated rings. The van der Waals surface area contributed by atoms with Crippen LogP contribution in [-0.2, 0) is 0 Å². The Balaban J connectivity index is 0.00000162. The van der Waals surface area contributed by atoms with Crippen molar-refractivity contribution in [1.82, 2.24) is 0 Å². The highest BCUT2D eigenvalue weighted by Gasteiger charge is 2.17. The van der Waals surface area contributed by atoms with Crippen molar-refractivity contribution >= 4 is 50.5 Å². The molecule has 94 valence electrons. The van der Waals surface area contributed by atoms with E-state index in [-0.39, 0.29) is 26.9 Å². The van der Waals surface area contributed by atoms with Gasteiger partial charge >= 0.3 is 0 Å². The van der Waals surface area contributed by atoms with Gasteiger partial charge in [-0.1, -0.05) is 64.5 Å². The SMILES string of the molecule is Br.O=C(c1ccccc1)C(Br)Sc1ccccc1. The molecule has 2 aromatic carbocycles. The number of ketones is 1. The van der Waals surface area contributed by atoms with Crippen LogP contribution >= 0.6 is 44.7 Å². The summed E-state index contributed by atoms with van der Waals surface area (Å²) in [6, 6.07) is 19.2. The Morgan fingerprint density at radius 1 is 0.944 bits per heavy atom. The molecule has 0 radical (unpaired) electrons. The average Bonchev–Trinajstić information content (AvgIpc) is 2.40. The molecule has 0 aliphatic rings. The summed E-state index contributed by atoms with van der Waals surface area (Å²) >= 11 is 4.94. The first-order chi connectivity index (χ1) is 8.27. The molecule has 2 rings (SSSR count). The molecule has 0 aliphatic carbocycles. The Labute approximate surface area is 130 Å². The zero-order valence-corrected chi connectivity index (χ0v) is 13.6. The molecule has 0 aromatic heterocycles. The zero-order chi connectivity index (χ0) is 12.1. The molecule has 0 amide bonds. The van der Waals surface area contributed by atoms with Gasteiger partial charge < -0.3 is 0 Å². The summed E-state index contributed by atoms with van der Waals surface area (Å²) in [7, 11) is 0. The summed E-state index contributed by atoms with van der Waals surface area (Å²) in [6.07, 6.45) is 0. The molecule has 0 aliphatic heterocycles. The van der Waals surface area contributed by atoms with E-state index in [1.807, 2.05) is 60.7 Å². The van der Waals surface area contributed by atoms with E-state index in [9.17, 15) is 4.79 Å². The summed E-state index contributed by atoms with van der Waals surface area (Å²) in [5, 5.41) is 0. The van der Waals surface area contributed by atoms with Crippen LogP contribution in [0.5, 0.6) is 0 Å². The molecule has 0 saturated carbocycles. The number of alkyl halides is 1. The van der Waals surface area contributed by atoms with E-state index in [2.05, 4.69) is 15.9 Å². The highest BCUT2D eigenvalue weighted by atomic mass is 79.9.